The largest absolute Gasteiger partial charge is 0.481 e. The lowest BCUT2D eigenvalue weighted by Crippen LogP contribution is -2.56. The number of aromatic nitrogens is 1. The van der Waals surface area contributed by atoms with E-state index in [1.54, 1.807) is 6.20 Å². The van der Waals surface area contributed by atoms with Crippen molar-refractivity contribution in [2.45, 2.75) is 50.2 Å². The van der Waals surface area contributed by atoms with Gasteiger partial charge < -0.3 is 36.5 Å². The van der Waals surface area contributed by atoms with Gasteiger partial charge in [0.25, 0.3) is 0 Å². The van der Waals surface area contributed by atoms with Gasteiger partial charge in [-0.2, -0.15) is 0 Å². The maximum Gasteiger partial charge on any atom is 0.322 e. The van der Waals surface area contributed by atoms with Crippen LogP contribution in [0.15, 0.2) is 30.5 Å². The average Bonchev–Trinajstić information content (AvgIpc) is 3.50. The minimum atomic E-state index is -1.24. The maximum absolute atomic E-state index is 13.1. The second kappa shape index (κ2) is 12.0. The number of hydrogen-bond donors (Lipinski definition) is 7. The van der Waals surface area contributed by atoms with Crippen LogP contribution in [0.5, 0.6) is 0 Å². The van der Waals surface area contributed by atoms with Gasteiger partial charge in [-0.05, 0) is 37.4 Å². The highest BCUT2D eigenvalue weighted by molar-refractivity contribution is 5.94. The van der Waals surface area contributed by atoms with Crippen molar-refractivity contribution in [2.75, 3.05) is 13.1 Å². The fraction of sp³-hybridized carbons (Fsp3) is 0.435. The number of amides is 3. The van der Waals surface area contributed by atoms with E-state index in [4.69, 9.17) is 10.2 Å². The standard InChI is InChI=1S/C23H29N5O7/c29-19(30)8-7-17(27-22(34)16-6-3-9-24-16)23(35)28-18(21(33)26-12-20(31)32)10-13-11-25-15-5-2-1-4-14(13)15/h1-2,4-5,11,16-18,24-25H,3,6-10,12H2,(H,26,33)(H,27,34)(H,28,35)(H,29,30)(H,31,32). The Morgan fingerprint density at radius 1 is 1.00 bits per heavy atom. The summed E-state index contributed by atoms with van der Waals surface area (Å²) < 4.78 is 0. The van der Waals surface area contributed by atoms with E-state index in [1.165, 1.54) is 0 Å². The highest BCUT2D eigenvalue weighted by Gasteiger charge is 2.30. The molecule has 3 unspecified atom stereocenters. The monoisotopic (exact) mass is 487 g/mol. The molecule has 1 saturated heterocycles. The van der Waals surface area contributed by atoms with Crippen LogP contribution in [-0.2, 0) is 30.4 Å². The number of benzene rings is 1. The molecule has 12 nitrogen and oxygen atoms in total. The minimum absolute atomic E-state index is 0.0466. The molecule has 0 bridgehead atoms. The van der Waals surface area contributed by atoms with Gasteiger partial charge in [0.2, 0.25) is 17.7 Å². The summed E-state index contributed by atoms with van der Waals surface area (Å²) in [6.07, 6.45) is 2.61. The zero-order valence-electron chi connectivity index (χ0n) is 19.0. The zero-order chi connectivity index (χ0) is 25.4. The highest BCUT2D eigenvalue weighted by Crippen LogP contribution is 2.19. The molecular formula is C23H29N5O7. The lowest BCUT2D eigenvalue weighted by Gasteiger charge is -2.24. The van der Waals surface area contributed by atoms with E-state index in [1.807, 2.05) is 24.3 Å². The number of para-hydroxylation sites is 1. The molecule has 3 amide bonds. The van der Waals surface area contributed by atoms with Crippen molar-refractivity contribution in [1.29, 1.82) is 0 Å². The molecule has 1 aromatic heterocycles. The van der Waals surface area contributed by atoms with Gasteiger partial charge in [-0.15, -0.1) is 0 Å². The topological polar surface area (TPSA) is 190 Å². The van der Waals surface area contributed by atoms with Crippen LogP contribution in [0, 0.1) is 0 Å². The Hall–Kier alpha value is -3.93. The molecule has 12 heteroatoms. The number of carbonyl (C=O) groups is 5. The molecule has 1 aliphatic heterocycles. The van der Waals surface area contributed by atoms with Crippen molar-refractivity contribution in [1.82, 2.24) is 26.3 Å². The molecule has 1 aromatic carbocycles. The van der Waals surface area contributed by atoms with Gasteiger partial charge in [0.1, 0.15) is 18.6 Å². The van der Waals surface area contributed by atoms with E-state index in [2.05, 4.69) is 26.3 Å². The number of aromatic amines is 1. The van der Waals surface area contributed by atoms with Crippen LogP contribution >= 0.6 is 0 Å². The summed E-state index contributed by atoms with van der Waals surface area (Å²) in [5.41, 5.74) is 1.55. The van der Waals surface area contributed by atoms with E-state index in [0.717, 1.165) is 22.9 Å². The van der Waals surface area contributed by atoms with E-state index >= 15 is 0 Å². The van der Waals surface area contributed by atoms with Crippen molar-refractivity contribution in [2.24, 2.45) is 0 Å². The highest BCUT2D eigenvalue weighted by atomic mass is 16.4. The van der Waals surface area contributed by atoms with E-state index in [0.29, 0.717) is 13.0 Å². The van der Waals surface area contributed by atoms with E-state index < -0.39 is 54.3 Å². The number of rotatable bonds is 12. The summed E-state index contributed by atoms with van der Waals surface area (Å²) >= 11 is 0. The molecule has 188 valence electrons. The molecule has 0 spiro atoms. The first-order valence-corrected chi connectivity index (χ1v) is 11.3. The first-order chi connectivity index (χ1) is 16.7. The molecular weight excluding hydrogens is 458 g/mol. The number of fused-ring (bicyclic) bond motifs is 1. The Kier molecular flexibility index (Phi) is 8.79. The van der Waals surface area contributed by atoms with Gasteiger partial charge in [0.15, 0.2) is 0 Å². The summed E-state index contributed by atoms with van der Waals surface area (Å²) in [6, 6.07) is 4.55. The average molecular weight is 488 g/mol. The first kappa shape index (κ1) is 25.7. The molecule has 0 saturated carbocycles. The number of nitrogens with one attached hydrogen (secondary N) is 5. The molecule has 3 atom stereocenters. The third-order valence-corrected chi connectivity index (χ3v) is 5.80. The minimum Gasteiger partial charge on any atom is -0.481 e. The summed E-state index contributed by atoms with van der Waals surface area (Å²) in [5.74, 6) is -4.24. The van der Waals surface area contributed by atoms with Crippen molar-refractivity contribution < 1.29 is 34.2 Å². The molecule has 0 aliphatic carbocycles. The number of hydrogen-bond acceptors (Lipinski definition) is 6. The van der Waals surface area contributed by atoms with Crippen molar-refractivity contribution in [3.05, 3.63) is 36.0 Å². The molecule has 3 rings (SSSR count). The van der Waals surface area contributed by atoms with Gasteiger partial charge in [-0.25, -0.2) is 0 Å². The SMILES string of the molecule is O=C(O)CCC(NC(=O)C1CCCN1)C(=O)NC(Cc1c[nH]c2ccccc12)C(=O)NCC(=O)O. The van der Waals surface area contributed by atoms with Crippen LogP contribution in [0.3, 0.4) is 0 Å². The van der Waals surface area contributed by atoms with Gasteiger partial charge in [-0.1, -0.05) is 18.2 Å². The lowest BCUT2D eigenvalue weighted by molar-refractivity contribution is -0.138. The van der Waals surface area contributed by atoms with Crippen molar-refractivity contribution in [3.63, 3.8) is 0 Å². The van der Waals surface area contributed by atoms with Crippen molar-refractivity contribution >= 4 is 40.6 Å². The third kappa shape index (κ3) is 7.27. The zero-order valence-corrected chi connectivity index (χ0v) is 19.0. The van der Waals surface area contributed by atoms with Crippen molar-refractivity contribution in [3.8, 4) is 0 Å². The third-order valence-electron chi connectivity index (χ3n) is 5.80. The van der Waals surface area contributed by atoms with E-state index in [9.17, 15) is 24.0 Å². The fourth-order valence-corrected chi connectivity index (χ4v) is 4.01. The van der Waals surface area contributed by atoms with Crippen LogP contribution in [0.2, 0.25) is 0 Å². The Balaban J connectivity index is 1.77. The molecule has 1 aliphatic rings. The fourth-order valence-electron chi connectivity index (χ4n) is 4.01. The Bertz CT molecular complexity index is 1090. The van der Waals surface area contributed by atoms with E-state index in [-0.39, 0.29) is 19.3 Å². The van der Waals surface area contributed by atoms with Gasteiger partial charge in [0.05, 0.1) is 6.04 Å². The lowest BCUT2D eigenvalue weighted by atomic mass is 10.0. The number of H-pyrrole nitrogens is 1. The van der Waals surface area contributed by atoms with Gasteiger partial charge in [0, 0.05) is 29.9 Å². The first-order valence-electron chi connectivity index (χ1n) is 11.3. The molecule has 0 radical (unpaired) electrons. The Labute approximate surface area is 200 Å². The van der Waals surface area contributed by atoms with Gasteiger partial charge in [-0.3, -0.25) is 24.0 Å². The summed E-state index contributed by atoms with van der Waals surface area (Å²) in [6.45, 7) is 0.0339. The molecule has 1 fully saturated rings. The molecule has 2 heterocycles. The summed E-state index contributed by atoms with van der Waals surface area (Å²) in [7, 11) is 0. The van der Waals surface area contributed by atoms with Gasteiger partial charge >= 0.3 is 11.9 Å². The second-order valence-corrected chi connectivity index (χ2v) is 8.38. The van der Waals surface area contributed by atoms with Crippen LogP contribution in [0.25, 0.3) is 10.9 Å². The summed E-state index contributed by atoms with van der Waals surface area (Å²) in [5, 5.41) is 29.3. The Morgan fingerprint density at radius 3 is 2.46 bits per heavy atom. The maximum atomic E-state index is 13.1. The van der Waals surface area contributed by atoms with Crippen LogP contribution < -0.4 is 21.3 Å². The van der Waals surface area contributed by atoms with Crippen LogP contribution in [-0.4, -0.2) is 76.1 Å². The predicted octanol–water partition coefficient (Wildman–Crippen LogP) is -0.502. The van der Waals surface area contributed by atoms with Crippen LogP contribution in [0.4, 0.5) is 0 Å². The molecule has 7 N–H and O–H groups in total. The number of carbonyl (C=O) groups excluding carboxylic acids is 3. The number of carboxylic acid groups (broad SMARTS) is 2. The summed E-state index contributed by atoms with van der Waals surface area (Å²) in [4.78, 5) is 63.6. The molecule has 2 aromatic rings. The Morgan fingerprint density at radius 2 is 1.77 bits per heavy atom. The normalized spacial score (nSPS) is 16.9. The number of carboxylic acids is 2. The van der Waals surface area contributed by atoms with Crippen LogP contribution in [0.1, 0.15) is 31.2 Å². The number of aliphatic carboxylic acids is 2. The second-order valence-electron chi connectivity index (χ2n) is 8.38. The smallest absolute Gasteiger partial charge is 0.322 e. The predicted molar refractivity (Wildman–Crippen MR) is 124 cm³/mol. The quantitative estimate of drug-likeness (QED) is 0.208. The molecule has 35 heavy (non-hydrogen) atoms.